The molecule has 0 radical (unpaired) electrons. The zero-order chi connectivity index (χ0) is 95.1. The van der Waals surface area contributed by atoms with Crippen molar-refractivity contribution in [3.8, 4) is 0 Å². The highest BCUT2D eigenvalue weighted by Crippen LogP contribution is 2.39. The van der Waals surface area contributed by atoms with Crippen molar-refractivity contribution in [3.63, 3.8) is 0 Å². The molecule has 0 aromatic carbocycles. The average Bonchev–Trinajstić information content (AvgIpc) is 0.775. The molecule has 4 amide bonds. The van der Waals surface area contributed by atoms with Crippen molar-refractivity contribution in [1.82, 2.24) is 21.3 Å². The van der Waals surface area contributed by atoms with Gasteiger partial charge in [-0.3, -0.25) is 19.2 Å². The lowest BCUT2D eigenvalue weighted by molar-refractivity contribution is -0.387. The summed E-state index contributed by atoms with van der Waals surface area (Å²) in [6, 6.07) is -6.56. The Balaban J connectivity index is 1.01. The van der Waals surface area contributed by atoms with Crippen molar-refractivity contribution in [2.24, 2.45) is 0 Å². The summed E-state index contributed by atoms with van der Waals surface area (Å²) in [5, 5.41) is 236. The van der Waals surface area contributed by atoms with E-state index in [4.69, 9.17) is 66.3 Å². The standard InChI is InChI=1S/C88H158N4O38/c1-6-8-10-12-14-16-18-20-21-22-23-24-25-27-29-31-33-35-37-39-60(104)92-51(52(103)38-36-34-32-30-28-26-19-17-15-13-11-9-7-2)47-117-85-72(113)71(112)76(59(46-99)124-85)125-86-73(114)80(68(109)56(43-96)121-86)129-83-62(90-49(4)101)78(66(107)54(41-94)119-83)127-88-75(116)81(69(110)58(45-98)123-88)130-84-63(91-50(5)102)77(65(106)55(42-95)120-84)126-87-74(115)79(67(108)57(44-97)122-87)128-82-61(89-48(3)100)70(111)64(105)53(40-93)118-82/h36,38,51-59,61-88,93-99,103,105-116H,6-35,37,39-47H2,1-5H3,(H,89,100)(H,90,101)(H,91,102)(H,92,104)/b38-36+/t51-,52+,53?,54?,55?,56?,57?,58?,59?,61?,62?,63?,64-,65+,66+,67-,68-,69-,70+,71+,72?,73?,74?,75?,76+,77+,78+,79-,80-,81-,82+,83-,84-,85+,86-,87-,88-/m0/s1. The summed E-state index contributed by atoms with van der Waals surface area (Å²) in [6.07, 6.45) is -25.7. The van der Waals surface area contributed by atoms with Crippen LogP contribution in [0, 0.1) is 0 Å². The molecule has 0 aromatic heterocycles. The highest BCUT2D eigenvalue weighted by molar-refractivity contribution is 5.76. The SMILES string of the molecule is CCCCCCCCCCCCC/C=C/[C@@H](O)[C@H](CO[C@@H]1OC(CO)[C@@H](O[C@@H]2OC(CO)[C@H](O)[C@H](O[C@@H]3OC(CO)[C@@H](O)[C@H](O[C@@H]4OC(CO)[C@H](O)[C@H](O[C@@H]5OC(CO)[C@@H](O)[C@H](O[C@@H]6OC(CO)[C@H](O)[C@H](O[C@H]7OC(CO)[C@H](O)[C@H](O)C7NC(C)=O)C6O)C5NC(C)=O)C4O)C3NC(C)=O)C2O)[C@H](O)C1O)NC(=O)CCCCCCCCCCCCCCCCCCCCC. The Morgan fingerprint density at radius 1 is 0.300 bits per heavy atom. The van der Waals surface area contributed by atoms with Crippen LogP contribution in [0.25, 0.3) is 0 Å². The van der Waals surface area contributed by atoms with Crippen molar-refractivity contribution in [1.29, 1.82) is 0 Å². The number of allylic oxidation sites excluding steroid dienone is 1. The Bertz CT molecular complexity index is 3140. The van der Waals surface area contributed by atoms with Crippen LogP contribution in [0.1, 0.15) is 240 Å². The number of hydrogen-bond donors (Lipinski definition) is 24. The van der Waals surface area contributed by atoms with Crippen LogP contribution in [0.4, 0.5) is 0 Å². The summed E-state index contributed by atoms with van der Waals surface area (Å²) in [5.41, 5.74) is 0. The van der Waals surface area contributed by atoms with E-state index in [2.05, 4.69) is 35.1 Å². The van der Waals surface area contributed by atoms with Gasteiger partial charge in [-0.1, -0.05) is 206 Å². The fraction of sp³-hybridized carbons (Fsp3) is 0.932. The number of ether oxygens (including phenoxy) is 14. The van der Waals surface area contributed by atoms with Crippen LogP contribution in [0.15, 0.2) is 12.2 Å². The second-order valence-corrected chi connectivity index (χ2v) is 35.6. The molecule has 0 aliphatic carbocycles. The van der Waals surface area contributed by atoms with Gasteiger partial charge in [0.25, 0.3) is 0 Å². The molecular formula is C88H158N4O38. The van der Waals surface area contributed by atoms with E-state index in [1.165, 1.54) is 135 Å². The summed E-state index contributed by atoms with van der Waals surface area (Å²) in [5.74, 6) is -3.00. The van der Waals surface area contributed by atoms with E-state index in [1.807, 2.05) is 6.08 Å². The van der Waals surface area contributed by atoms with E-state index in [1.54, 1.807) is 6.08 Å². The number of carbonyl (C=O) groups excluding carboxylic acids is 4. The number of nitrogens with one attached hydrogen (secondary N) is 4. The van der Waals surface area contributed by atoms with E-state index in [0.29, 0.717) is 12.8 Å². The first-order valence-corrected chi connectivity index (χ1v) is 47.5. The van der Waals surface area contributed by atoms with Crippen molar-refractivity contribution >= 4 is 23.6 Å². The molecule has 7 saturated heterocycles. The van der Waals surface area contributed by atoms with Gasteiger partial charge in [-0.2, -0.15) is 0 Å². The molecule has 0 spiro atoms. The average molecular weight is 1880 g/mol. The Hall–Kier alpha value is -3.74. The van der Waals surface area contributed by atoms with E-state index in [9.17, 15) is 121 Å². The molecule has 42 heteroatoms. The molecule has 24 N–H and O–H groups in total. The number of aliphatic hydroxyl groups excluding tert-OH is 20. The molecule has 7 rings (SSSR count). The zero-order valence-corrected chi connectivity index (χ0v) is 76.1. The minimum atomic E-state index is -2.38. The molecule has 0 saturated carbocycles. The van der Waals surface area contributed by atoms with E-state index >= 15 is 0 Å². The van der Waals surface area contributed by atoms with Gasteiger partial charge >= 0.3 is 0 Å². The van der Waals surface area contributed by atoms with E-state index < -0.39 is 297 Å². The molecule has 42 nitrogen and oxygen atoms in total. The van der Waals surface area contributed by atoms with Crippen LogP contribution in [0.2, 0.25) is 0 Å². The van der Waals surface area contributed by atoms with Gasteiger partial charge in [-0.25, -0.2) is 0 Å². The molecule has 7 aliphatic heterocycles. The largest absolute Gasteiger partial charge is 0.394 e. The third-order valence-electron chi connectivity index (χ3n) is 25.2. The van der Waals surface area contributed by atoms with Crippen LogP contribution in [0.5, 0.6) is 0 Å². The van der Waals surface area contributed by atoms with Gasteiger partial charge in [-0.05, 0) is 19.3 Å². The minimum absolute atomic E-state index is 0.156. The molecule has 0 aromatic rings. The van der Waals surface area contributed by atoms with Gasteiger partial charge in [0.1, 0.15) is 171 Å². The number of unbranched alkanes of at least 4 members (excludes halogenated alkanes) is 29. The van der Waals surface area contributed by atoms with Gasteiger partial charge in [-0.15, -0.1) is 0 Å². The van der Waals surface area contributed by atoms with Crippen molar-refractivity contribution in [3.05, 3.63) is 12.2 Å². The fourth-order valence-corrected chi connectivity index (χ4v) is 17.7. The molecule has 0 bridgehead atoms. The van der Waals surface area contributed by atoms with Gasteiger partial charge in [0.15, 0.2) is 44.0 Å². The molecule has 14 unspecified atom stereocenters. The van der Waals surface area contributed by atoms with Crippen molar-refractivity contribution in [2.75, 3.05) is 52.9 Å². The number of rotatable bonds is 60. The fourth-order valence-electron chi connectivity index (χ4n) is 17.7. The lowest BCUT2D eigenvalue weighted by Crippen LogP contribution is -2.71. The molecule has 758 valence electrons. The first kappa shape index (κ1) is 113. The first-order chi connectivity index (χ1) is 62.4. The summed E-state index contributed by atoms with van der Waals surface area (Å²) in [7, 11) is 0. The molecule has 7 fully saturated rings. The molecule has 130 heavy (non-hydrogen) atoms. The quantitative estimate of drug-likeness (QED) is 0.0215. The normalized spacial score (nSPS) is 37.2. The maximum atomic E-state index is 13.6. The van der Waals surface area contributed by atoms with E-state index in [0.717, 1.165) is 72.1 Å². The van der Waals surface area contributed by atoms with Crippen molar-refractivity contribution < 1.29 is 188 Å². The Labute approximate surface area is 761 Å². The highest BCUT2D eigenvalue weighted by Gasteiger charge is 2.60. The second kappa shape index (κ2) is 60.2. The predicted molar refractivity (Wildman–Crippen MR) is 456 cm³/mol. The van der Waals surface area contributed by atoms with Crippen LogP contribution >= 0.6 is 0 Å². The maximum Gasteiger partial charge on any atom is 0.220 e. The van der Waals surface area contributed by atoms with Gasteiger partial charge in [0.2, 0.25) is 23.6 Å². The van der Waals surface area contributed by atoms with E-state index in [-0.39, 0.29) is 12.3 Å². The van der Waals surface area contributed by atoms with Gasteiger partial charge in [0, 0.05) is 27.2 Å². The number of hydrogen-bond acceptors (Lipinski definition) is 38. The smallest absolute Gasteiger partial charge is 0.220 e. The first-order valence-electron chi connectivity index (χ1n) is 47.5. The van der Waals surface area contributed by atoms with Crippen LogP contribution in [-0.4, -0.2) is 406 Å². The minimum Gasteiger partial charge on any atom is -0.394 e. The highest BCUT2D eigenvalue weighted by atomic mass is 16.8. The lowest BCUT2D eigenvalue weighted by atomic mass is 9.93. The van der Waals surface area contributed by atoms with Crippen LogP contribution in [0.3, 0.4) is 0 Å². The van der Waals surface area contributed by atoms with Crippen LogP contribution < -0.4 is 21.3 Å². The third kappa shape index (κ3) is 34.1. The summed E-state index contributed by atoms with van der Waals surface area (Å²) < 4.78 is 83.8. The molecule has 7 heterocycles. The Kier molecular flexibility index (Phi) is 52.4. The maximum absolute atomic E-state index is 13.6. The third-order valence-corrected chi connectivity index (χ3v) is 25.2. The van der Waals surface area contributed by atoms with Crippen LogP contribution in [-0.2, 0) is 85.5 Å². The monoisotopic (exact) mass is 1880 g/mol. The van der Waals surface area contributed by atoms with Crippen molar-refractivity contribution in [2.45, 2.75) is 467 Å². The Morgan fingerprint density at radius 2 is 0.577 bits per heavy atom. The second-order valence-electron chi connectivity index (χ2n) is 35.6. The molecular weight excluding hydrogens is 1720 g/mol. The predicted octanol–water partition coefficient (Wildman–Crippen LogP) is -2.90. The molecule has 7 aliphatic rings. The summed E-state index contributed by atoms with van der Waals surface area (Å²) in [6.45, 7) is -0.357. The summed E-state index contributed by atoms with van der Waals surface area (Å²) in [4.78, 5) is 52.4. The van der Waals surface area contributed by atoms with Gasteiger partial charge in [0.05, 0.1) is 65.0 Å². The number of aliphatic hydroxyl groups is 20. The Morgan fingerprint density at radius 3 is 0.915 bits per heavy atom. The number of amides is 4. The number of carbonyl (C=O) groups is 4. The molecule has 37 atom stereocenters. The lowest BCUT2D eigenvalue weighted by Gasteiger charge is -2.51. The summed E-state index contributed by atoms with van der Waals surface area (Å²) >= 11 is 0. The zero-order valence-electron chi connectivity index (χ0n) is 76.1. The van der Waals surface area contributed by atoms with Gasteiger partial charge < -0.3 is 190 Å². The topological polar surface area (TPSA) is 650 Å².